The van der Waals surface area contributed by atoms with Gasteiger partial charge in [-0.1, -0.05) is 32.8 Å². The highest BCUT2D eigenvalue weighted by molar-refractivity contribution is 5.29. The molecule has 1 heterocycles. The molecule has 106 valence electrons. The quantitative estimate of drug-likeness (QED) is 0.737. The van der Waals surface area contributed by atoms with E-state index < -0.39 is 11.9 Å². The molecule has 0 radical (unpaired) electrons. The predicted molar refractivity (Wildman–Crippen MR) is 68.8 cm³/mol. The second kappa shape index (κ2) is 5.14. The fraction of sp³-hybridized carbons (Fsp3) is 0.667. The molecule has 0 spiro atoms. The van der Waals surface area contributed by atoms with Gasteiger partial charge in [0.05, 0.1) is 0 Å². The zero-order valence-electron chi connectivity index (χ0n) is 11.4. The number of pyridine rings is 1. The SMILES string of the molecule is CCCCC1CC1(CC)c1cccc(C(F)(F)F)n1. The van der Waals surface area contributed by atoms with Gasteiger partial charge in [-0.3, -0.25) is 0 Å². The summed E-state index contributed by atoms with van der Waals surface area (Å²) < 4.78 is 38.2. The lowest BCUT2D eigenvalue weighted by Gasteiger charge is -2.16. The van der Waals surface area contributed by atoms with Crippen LogP contribution in [0.3, 0.4) is 0 Å². The van der Waals surface area contributed by atoms with E-state index in [0.717, 1.165) is 38.2 Å². The minimum atomic E-state index is -4.35. The zero-order valence-corrected chi connectivity index (χ0v) is 11.4. The normalized spacial score (nSPS) is 26.5. The summed E-state index contributed by atoms with van der Waals surface area (Å²) in [4.78, 5) is 3.88. The Kier molecular flexibility index (Phi) is 3.88. The van der Waals surface area contributed by atoms with Gasteiger partial charge in [0.2, 0.25) is 0 Å². The maximum atomic E-state index is 12.7. The molecule has 0 bridgehead atoms. The fourth-order valence-corrected chi connectivity index (χ4v) is 3.01. The summed E-state index contributed by atoms with van der Waals surface area (Å²) >= 11 is 0. The standard InChI is InChI=1S/C15H20F3N/c1-3-5-7-11-10-14(11,4-2)12-8-6-9-13(19-12)15(16,17)18/h6,8-9,11H,3-5,7,10H2,1-2H3. The number of hydrogen-bond donors (Lipinski definition) is 0. The molecule has 1 aliphatic rings. The smallest absolute Gasteiger partial charge is 0.248 e. The molecule has 0 aliphatic heterocycles. The van der Waals surface area contributed by atoms with Gasteiger partial charge < -0.3 is 0 Å². The molecule has 2 unspecified atom stereocenters. The maximum absolute atomic E-state index is 12.7. The second-order valence-electron chi connectivity index (χ2n) is 5.46. The number of rotatable bonds is 5. The molecule has 0 amide bonds. The van der Waals surface area contributed by atoms with Gasteiger partial charge >= 0.3 is 6.18 Å². The number of halogens is 3. The van der Waals surface area contributed by atoms with Gasteiger partial charge in [-0.15, -0.1) is 0 Å². The van der Waals surface area contributed by atoms with Crippen molar-refractivity contribution in [1.29, 1.82) is 0 Å². The van der Waals surface area contributed by atoms with Crippen molar-refractivity contribution in [3.63, 3.8) is 0 Å². The second-order valence-corrected chi connectivity index (χ2v) is 5.46. The monoisotopic (exact) mass is 271 g/mol. The third-order valence-electron chi connectivity index (χ3n) is 4.32. The van der Waals surface area contributed by atoms with Crippen molar-refractivity contribution in [2.24, 2.45) is 5.92 Å². The molecule has 1 aliphatic carbocycles. The Hall–Kier alpha value is -1.06. The van der Waals surface area contributed by atoms with E-state index in [2.05, 4.69) is 11.9 Å². The molecule has 2 rings (SSSR count). The fourth-order valence-electron chi connectivity index (χ4n) is 3.01. The highest BCUT2D eigenvalue weighted by Gasteiger charge is 2.54. The molecule has 19 heavy (non-hydrogen) atoms. The number of hydrogen-bond acceptors (Lipinski definition) is 1. The molecule has 4 heteroatoms. The Morgan fingerprint density at radius 1 is 1.32 bits per heavy atom. The minimum absolute atomic E-state index is 0.101. The Bertz CT molecular complexity index is 441. The number of alkyl halides is 3. The van der Waals surface area contributed by atoms with E-state index in [9.17, 15) is 13.2 Å². The van der Waals surface area contributed by atoms with Crippen molar-refractivity contribution < 1.29 is 13.2 Å². The third-order valence-corrected chi connectivity index (χ3v) is 4.32. The van der Waals surface area contributed by atoms with Gasteiger partial charge in [-0.2, -0.15) is 13.2 Å². The van der Waals surface area contributed by atoms with Gasteiger partial charge in [0, 0.05) is 11.1 Å². The van der Waals surface area contributed by atoms with Crippen LogP contribution < -0.4 is 0 Å². The lowest BCUT2D eigenvalue weighted by molar-refractivity contribution is -0.141. The number of unbranched alkanes of at least 4 members (excludes halogenated alkanes) is 1. The third kappa shape index (κ3) is 2.77. The molecule has 2 atom stereocenters. The topological polar surface area (TPSA) is 12.9 Å². The van der Waals surface area contributed by atoms with E-state index in [-0.39, 0.29) is 5.41 Å². The van der Waals surface area contributed by atoms with Gasteiger partial charge in [0.1, 0.15) is 5.69 Å². The van der Waals surface area contributed by atoms with E-state index in [0.29, 0.717) is 11.6 Å². The Labute approximate surface area is 112 Å². The number of nitrogens with zero attached hydrogens (tertiary/aromatic N) is 1. The summed E-state index contributed by atoms with van der Waals surface area (Å²) in [5.41, 5.74) is -0.235. The van der Waals surface area contributed by atoms with Crippen LogP contribution >= 0.6 is 0 Å². The highest BCUT2D eigenvalue weighted by Crippen LogP contribution is 2.58. The van der Waals surface area contributed by atoms with Crippen LogP contribution in [-0.4, -0.2) is 4.98 Å². The molecule has 0 N–H and O–H groups in total. The summed E-state index contributed by atoms with van der Waals surface area (Å²) in [6.07, 6.45) is 0.881. The summed E-state index contributed by atoms with van der Waals surface area (Å²) in [5, 5.41) is 0. The van der Waals surface area contributed by atoms with Gasteiger partial charge in [-0.25, -0.2) is 4.98 Å². The zero-order chi connectivity index (χ0) is 14.1. The maximum Gasteiger partial charge on any atom is 0.433 e. The Morgan fingerprint density at radius 3 is 2.63 bits per heavy atom. The summed E-state index contributed by atoms with van der Waals surface area (Å²) in [5.74, 6) is 0.508. The van der Waals surface area contributed by atoms with Crippen LogP contribution in [0.4, 0.5) is 13.2 Å². The van der Waals surface area contributed by atoms with Crippen molar-refractivity contribution >= 4 is 0 Å². The first kappa shape index (κ1) is 14.4. The molecular formula is C15H20F3N. The molecule has 0 aromatic carbocycles. The predicted octanol–water partition coefficient (Wildman–Crippen LogP) is 4.96. The molecular weight excluding hydrogens is 251 g/mol. The van der Waals surface area contributed by atoms with Crippen molar-refractivity contribution in [2.75, 3.05) is 0 Å². The first-order chi connectivity index (χ1) is 8.94. The van der Waals surface area contributed by atoms with Gasteiger partial charge in [0.25, 0.3) is 0 Å². The van der Waals surface area contributed by atoms with Crippen LogP contribution in [0, 0.1) is 5.92 Å². The molecule has 1 fully saturated rings. The van der Waals surface area contributed by atoms with E-state index in [1.165, 1.54) is 6.07 Å². The van der Waals surface area contributed by atoms with Crippen molar-refractivity contribution in [3.8, 4) is 0 Å². The van der Waals surface area contributed by atoms with E-state index in [1.807, 2.05) is 6.92 Å². The Balaban J connectivity index is 2.22. The van der Waals surface area contributed by atoms with Crippen LogP contribution in [0.2, 0.25) is 0 Å². The van der Waals surface area contributed by atoms with Crippen molar-refractivity contribution in [2.45, 2.75) is 57.5 Å². The molecule has 1 aromatic heterocycles. The van der Waals surface area contributed by atoms with Gasteiger partial charge in [-0.05, 0) is 37.3 Å². The Morgan fingerprint density at radius 2 is 2.05 bits per heavy atom. The molecule has 0 saturated heterocycles. The van der Waals surface area contributed by atoms with Crippen LogP contribution in [0.15, 0.2) is 18.2 Å². The lowest BCUT2D eigenvalue weighted by Crippen LogP contribution is -2.15. The molecule has 1 aromatic rings. The van der Waals surface area contributed by atoms with E-state index in [1.54, 1.807) is 6.07 Å². The van der Waals surface area contributed by atoms with Crippen LogP contribution in [-0.2, 0) is 11.6 Å². The van der Waals surface area contributed by atoms with Crippen LogP contribution in [0.1, 0.15) is 57.3 Å². The van der Waals surface area contributed by atoms with Crippen LogP contribution in [0.5, 0.6) is 0 Å². The lowest BCUT2D eigenvalue weighted by atomic mass is 9.93. The largest absolute Gasteiger partial charge is 0.433 e. The van der Waals surface area contributed by atoms with E-state index >= 15 is 0 Å². The van der Waals surface area contributed by atoms with Crippen LogP contribution in [0.25, 0.3) is 0 Å². The summed E-state index contributed by atoms with van der Waals surface area (Å²) in [6, 6.07) is 4.29. The first-order valence-corrected chi connectivity index (χ1v) is 6.98. The van der Waals surface area contributed by atoms with Crippen molar-refractivity contribution in [1.82, 2.24) is 4.98 Å². The average molecular weight is 271 g/mol. The highest BCUT2D eigenvalue weighted by atomic mass is 19.4. The van der Waals surface area contributed by atoms with Crippen molar-refractivity contribution in [3.05, 3.63) is 29.6 Å². The summed E-state index contributed by atoms with van der Waals surface area (Å²) in [6.45, 7) is 4.19. The van der Waals surface area contributed by atoms with Gasteiger partial charge in [0.15, 0.2) is 0 Å². The summed E-state index contributed by atoms with van der Waals surface area (Å²) in [7, 11) is 0. The average Bonchev–Trinajstić information content (AvgIpc) is 3.10. The van der Waals surface area contributed by atoms with E-state index in [4.69, 9.17) is 0 Å². The molecule has 1 nitrogen and oxygen atoms in total. The number of aromatic nitrogens is 1. The first-order valence-electron chi connectivity index (χ1n) is 6.98. The molecule has 1 saturated carbocycles. The minimum Gasteiger partial charge on any atom is -0.248 e.